The molecule has 0 amide bonds. The summed E-state index contributed by atoms with van der Waals surface area (Å²) in [5, 5.41) is 17.4. The maximum Gasteiger partial charge on any atom is 0.330 e. The van der Waals surface area contributed by atoms with Gasteiger partial charge in [-0.1, -0.05) is 12.1 Å². The van der Waals surface area contributed by atoms with E-state index in [2.05, 4.69) is 4.74 Å². The lowest BCUT2D eigenvalue weighted by atomic mass is 10.2. The van der Waals surface area contributed by atoms with Crippen LogP contribution in [-0.4, -0.2) is 29.4 Å². The highest BCUT2D eigenvalue weighted by Gasteiger charge is 1.95. The smallest absolute Gasteiger partial charge is 0.330 e. The number of phenols is 1. The Bertz CT molecular complexity index is 340. The van der Waals surface area contributed by atoms with Gasteiger partial charge in [-0.2, -0.15) is 0 Å². The van der Waals surface area contributed by atoms with E-state index in [4.69, 9.17) is 10.2 Å². The lowest BCUT2D eigenvalue weighted by Crippen LogP contribution is -2.04. The van der Waals surface area contributed by atoms with Crippen molar-refractivity contribution < 1.29 is 19.7 Å². The predicted molar refractivity (Wildman–Crippen MR) is 55.2 cm³/mol. The fourth-order valence-corrected chi connectivity index (χ4v) is 0.944. The number of esters is 1. The molecule has 2 N–H and O–H groups in total. The number of aliphatic hydroxyl groups is 1. The zero-order valence-electron chi connectivity index (χ0n) is 8.09. The van der Waals surface area contributed by atoms with Gasteiger partial charge in [0.1, 0.15) is 12.4 Å². The van der Waals surface area contributed by atoms with Crippen molar-refractivity contribution >= 4 is 12.0 Å². The van der Waals surface area contributed by atoms with Crippen LogP contribution in [0.4, 0.5) is 0 Å². The van der Waals surface area contributed by atoms with Crippen LogP contribution in [0.2, 0.25) is 0 Å². The van der Waals surface area contributed by atoms with Crippen LogP contribution < -0.4 is 0 Å². The van der Waals surface area contributed by atoms with E-state index in [-0.39, 0.29) is 19.0 Å². The minimum absolute atomic E-state index is 0.00124. The molecule has 1 aromatic rings. The highest BCUT2D eigenvalue weighted by Crippen LogP contribution is 2.10. The van der Waals surface area contributed by atoms with Crippen LogP contribution in [0.15, 0.2) is 30.3 Å². The average Bonchev–Trinajstić information content (AvgIpc) is 2.25. The van der Waals surface area contributed by atoms with Crippen molar-refractivity contribution in [1.82, 2.24) is 0 Å². The first-order chi connectivity index (χ1) is 7.22. The van der Waals surface area contributed by atoms with E-state index < -0.39 is 5.97 Å². The monoisotopic (exact) mass is 208 g/mol. The van der Waals surface area contributed by atoms with Gasteiger partial charge in [0.25, 0.3) is 0 Å². The topological polar surface area (TPSA) is 66.8 Å². The van der Waals surface area contributed by atoms with Crippen LogP contribution in [0.1, 0.15) is 5.56 Å². The number of carbonyl (C=O) groups is 1. The molecule has 0 saturated heterocycles. The summed E-state index contributed by atoms with van der Waals surface area (Å²) in [6.45, 7) is -0.183. The minimum Gasteiger partial charge on any atom is -0.508 e. The number of phenolic OH excluding ortho intramolecular Hbond substituents is 1. The van der Waals surface area contributed by atoms with Crippen molar-refractivity contribution in [2.24, 2.45) is 0 Å². The number of aliphatic hydroxyl groups excluding tert-OH is 1. The number of carbonyl (C=O) groups excluding carboxylic acids is 1. The van der Waals surface area contributed by atoms with Gasteiger partial charge in [-0.3, -0.25) is 0 Å². The quantitative estimate of drug-likeness (QED) is 0.571. The van der Waals surface area contributed by atoms with Gasteiger partial charge in [0.2, 0.25) is 0 Å². The summed E-state index contributed by atoms with van der Waals surface area (Å²) in [4.78, 5) is 11.0. The van der Waals surface area contributed by atoms with E-state index in [0.29, 0.717) is 0 Å². The van der Waals surface area contributed by atoms with Crippen molar-refractivity contribution in [3.63, 3.8) is 0 Å². The van der Waals surface area contributed by atoms with E-state index in [1.165, 1.54) is 18.2 Å². The Balaban J connectivity index is 2.50. The highest BCUT2D eigenvalue weighted by atomic mass is 16.5. The molecule has 15 heavy (non-hydrogen) atoms. The molecule has 0 saturated carbocycles. The lowest BCUT2D eigenvalue weighted by Gasteiger charge is -1.97. The summed E-state index contributed by atoms with van der Waals surface area (Å²) in [5.41, 5.74) is 0.786. The molecular formula is C11H12O4. The predicted octanol–water partition coefficient (Wildman–Crippen LogP) is 0.941. The second-order valence-electron chi connectivity index (χ2n) is 2.82. The third-order valence-electron chi connectivity index (χ3n) is 1.64. The molecule has 1 aromatic carbocycles. The first-order valence-corrected chi connectivity index (χ1v) is 4.47. The number of rotatable bonds is 4. The molecule has 0 spiro atoms. The zero-order chi connectivity index (χ0) is 11.1. The van der Waals surface area contributed by atoms with Crippen LogP contribution in [0.3, 0.4) is 0 Å². The number of hydrogen-bond donors (Lipinski definition) is 2. The SMILES string of the molecule is O=C(/C=C/c1ccc(O)cc1)OCCO. The molecule has 80 valence electrons. The molecule has 1 rings (SSSR count). The molecule has 0 aliphatic carbocycles. The molecule has 0 aliphatic rings. The molecule has 0 unspecified atom stereocenters. The number of aromatic hydroxyl groups is 1. The Morgan fingerprint density at radius 3 is 2.60 bits per heavy atom. The summed E-state index contributed by atoms with van der Waals surface area (Å²) in [5.74, 6) is -0.327. The van der Waals surface area contributed by atoms with Crippen LogP contribution in [0.5, 0.6) is 5.75 Å². The maximum atomic E-state index is 11.0. The normalized spacial score (nSPS) is 10.5. The largest absolute Gasteiger partial charge is 0.508 e. The summed E-state index contributed by atoms with van der Waals surface area (Å²) in [7, 11) is 0. The van der Waals surface area contributed by atoms with Gasteiger partial charge in [0.15, 0.2) is 0 Å². The molecule has 0 heterocycles. The molecular weight excluding hydrogens is 196 g/mol. The average molecular weight is 208 g/mol. The minimum atomic E-state index is -0.503. The van der Waals surface area contributed by atoms with Crippen LogP contribution >= 0.6 is 0 Å². The molecule has 4 nitrogen and oxygen atoms in total. The Morgan fingerprint density at radius 2 is 2.00 bits per heavy atom. The van der Waals surface area contributed by atoms with E-state index >= 15 is 0 Å². The first-order valence-electron chi connectivity index (χ1n) is 4.47. The zero-order valence-corrected chi connectivity index (χ0v) is 8.09. The van der Waals surface area contributed by atoms with Crippen molar-refractivity contribution in [3.8, 4) is 5.75 Å². The van der Waals surface area contributed by atoms with E-state index in [1.807, 2.05) is 0 Å². The highest BCUT2D eigenvalue weighted by molar-refractivity contribution is 5.87. The number of ether oxygens (including phenoxy) is 1. The molecule has 0 aliphatic heterocycles. The van der Waals surface area contributed by atoms with E-state index in [0.717, 1.165) is 5.56 Å². The lowest BCUT2D eigenvalue weighted by molar-refractivity contribution is -0.138. The van der Waals surface area contributed by atoms with Gasteiger partial charge < -0.3 is 14.9 Å². The van der Waals surface area contributed by atoms with E-state index in [1.54, 1.807) is 18.2 Å². The molecule has 0 fully saturated rings. The second-order valence-corrected chi connectivity index (χ2v) is 2.82. The third-order valence-corrected chi connectivity index (χ3v) is 1.64. The van der Waals surface area contributed by atoms with Crippen molar-refractivity contribution in [1.29, 1.82) is 0 Å². The fraction of sp³-hybridized carbons (Fsp3) is 0.182. The second kappa shape index (κ2) is 5.82. The van der Waals surface area contributed by atoms with Crippen molar-refractivity contribution in [2.75, 3.05) is 13.2 Å². The van der Waals surface area contributed by atoms with Gasteiger partial charge in [0.05, 0.1) is 6.61 Å². The number of benzene rings is 1. The third kappa shape index (κ3) is 4.28. The van der Waals surface area contributed by atoms with Gasteiger partial charge >= 0.3 is 5.97 Å². The standard InChI is InChI=1S/C11H12O4/c12-7-8-15-11(14)6-3-9-1-4-10(13)5-2-9/h1-6,12-13H,7-8H2/b6-3+. The molecule has 4 heteroatoms. The van der Waals surface area contributed by atoms with Crippen LogP contribution in [0, 0.1) is 0 Å². The molecule has 0 radical (unpaired) electrons. The van der Waals surface area contributed by atoms with Gasteiger partial charge in [-0.15, -0.1) is 0 Å². The van der Waals surface area contributed by atoms with Crippen molar-refractivity contribution in [2.45, 2.75) is 0 Å². The summed E-state index contributed by atoms with van der Waals surface area (Å²) in [6, 6.07) is 6.40. The van der Waals surface area contributed by atoms with Gasteiger partial charge in [-0.05, 0) is 23.8 Å². The first kappa shape index (κ1) is 11.3. The summed E-state index contributed by atoms with van der Waals surface area (Å²) < 4.78 is 4.61. The Kier molecular flexibility index (Phi) is 4.37. The van der Waals surface area contributed by atoms with E-state index in [9.17, 15) is 4.79 Å². The maximum absolute atomic E-state index is 11.0. The van der Waals surface area contributed by atoms with Gasteiger partial charge in [-0.25, -0.2) is 4.79 Å². The molecule has 0 bridgehead atoms. The summed E-state index contributed by atoms with van der Waals surface area (Å²) >= 11 is 0. The molecule has 0 atom stereocenters. The summed E-state index contributed by atoms with van der Waals surface area (Å²) in [6.07, 6.45) is 2.83. The Morgan fingerprint density at radius 1 is 1.33 bits per heavy atom. The molecule has 0 aromatic heterocycles. The van der Waals surface area contributed by atoms with Crippen LogP contribution in [-0.2, 0) is 9.53 Å². The Hall–Kier alpha value is -1.81. The Labute approximate surface area is 87.4 Å². The fourth-order valence-electron chi connectivity index (χ4n) is 0.944. The van der Waals surface area contributed by atoms with Crippen LogP contribution in [0.25, 0.3) is 6.08 Å². The number of hydrogen-bond acceptors (Lipinski definition) is 4. The van der Waals surface area contributed by atoms with Gasteiger partial charge in [0, 0.05) is 6.08 Å². The van der Waals surface area contributed by atoms with Crippen molar-refractivity contribution in [3.05, 3.63) is 35.9 Å².